The van der Waals surface area contributed by atoms with Gasteiger partial charge in [0.15, 0.2) is 5.78 Å². The summed E-state index contributed by atoms with van der Waals surface area (Å²) < 4.78 is 0. The zero-order chi connectivity index (χ0) is 25.3. The fourth-order valence-electron chi connectivity index (χ4n) is 4.93. The number of ketones is 1. The minimum absolute atomic E-state index is 0.00920. The summed E-state index contributed by atoms with van der Waals surface area (Å²) in [6, 6.07) is 9.03. The van der Waals surface area contributed by atoms with E-state index in [4.69, 9.17) is 0 Å². The molecule has 0 saturated carbocycles. The molecule has 0 spiro atoms. The average molecular weight is 497 g/mol. The van der Waals surface area contributed by atoms with Gasteiger partial charge in [0.25, 0.3) is 11.8 Å². The van der Waals surface area contributed by atoms with Gasteiger partial charge < -0.3 is 20.0 Å². The largest absolute Gasteiger partial charge is 0.378 e. The molecule has 3 heterocycles. The van der Waals surface area contributed by atoms with E-state index >= 15 is 0 Å². The van der Waals surface area contributed by atoms with Crippen molar-refractivity contribution in [2.45, 2.75) is 44.8 Å². The minimum atomic E-state index is -0.746. The van der Waals surface area contributed by atoms with Crippen LogP contribution in [0.2, 0.25) is 0 Å². The monoisotopic (exact) mass is 496 g/mol. The van der Waals surface area contributed by atoms with Crippen molar-refractivity contribution in [3.63, 3.8) is 0 Å². The van der Waals surface area contributed by atoms with Gasteiger partial charge in [-0.15, -0.1) is 11.3 Å². The normalized spacial score (nSPS) is 20.2. The number of hydrogen-bond acceptors (Lipinski definition) is 6. The lowest BCUT2D eigenvalue weighted by Gasteiger charge is -2.29. The van der Waals surface area contributed by atoms with Gasteiger partial charge in [0, 0.05) is 31.9 Å². The number of fused-ring (bicyclic) bond motifs is 1. The van der Waals surface area contributed by atoms with Crippen LogP contribution in [-0.4, -0.2) is 78.6 Å². The first kappa shape index (κ1) is 24.9. The number of nitrogens with one attached hydrogen (secondary N) is 1. The summed E-state index contributed by atoms with van der Waals surface area (Å²) in [6.07, 6.45) is 1.01. The molecule has 9 heteroatoms. The van der Waals surface area contributed by atoms with Gasteiger partial charge in [-0.3, -0.25) is 19.2 Å². The van der Waals surface area contributed by atoms with Crippen LogP contribution in [-0.2, 0) is 9.59 Å². The minimum Gasteiger partial charge on any atom is -0.378 e. The van der Waals surface area contributed by atoms with E-state index in [-0.39, 0.29) is 42.0 Å². The van der Waals surface area contributed by atoms with Crippen molar-refractivity contribution in [1.29, 1.82) is 0 Å². The average Bonchev–Trinajstić information content (AvgIpc) is 3.56. The number of Topliss-reactive ketones (excluding diaryl/α,β-unsaturated/α-hetero) is 1. The van der Waals surface area contributed by atoms with Crippen LogP contribution in [0.3, 0.4) is 0 Å². The Bertz CT molecular complexity index is 1100. The van der Waals surface area contributed by atoms with E-state index in [9.17, 15) is 19.2 Å². The summed E-state index contributed by atoms with van der Waals surface area (Å²) in [6.45, 7) is 4.38. The maximum atomic E-state index is 13.6. The molecule has 8 nitrogen and oxygen atoms in total. The first-order valence-electron chi connectivity index (χ1n) is 11.9. The highest BCUT2D eigenvalue weighted by molar-refractivity contribution is 7.12. The second-order valence-corrected chi connectivity index (χ2v) is 10.8. The number of carbonyl (C=O) groups is 4. The van der Waals surface area contributed by atoms with Crippen LogP contribution in [0.25, 0.3) is 0 Å². The molecule has 0 aliphatic carbocycles. The molecule has 1 aromatic carbocycles. The zero-order valence-corrected chi connectivity index (χ0v) is 21.4. The summed E-state index contributed by atoms with van der Waals surface area (Å²) in [7, 11) is 3.85. The molecule has 186 valence electrons. The number of benzene rings is 1. The SMILES string of the molecule is CC(C)C[C@H](NC(=O)c1ccc(N(C)C)cc1)C(=O)N1CCC2C1C(=O)CN2C(=O)c1cccs1. The summed E-state index contributed by atoms with van der Waals surface area (Å²) >= 11 is 1.35. The van der Waals surface area contributed by atoms with E-state index in [2.05, 4.69) is 5.32 Å². The van der Waals surface area contributed by atoms with Gasteiger partial charge in [-0.05, 0) is 54.5 Å². The second-order valence-electron chi connectivity index (χ2n) is 9.81. The first-order valence-corrected chi connectivity index (χ1v) is 12.8. The molecule has 35 heavy (non-hydrogen) atoms. The van der Waals surface area contributed by atoms with Crippen LogP contribution in [0.4, 0.5) is 5.69 Å². The van der Waals surface area contributed by atoms with Crippen LogP contribution in [0.1, 0.15) is 46.7 Å². The number of rotatable bonds is 7. The predicted octanol–water partition coefficient (Wildman–Crippen LogP) is 2.65. The number of likely N-dealkylation sites (tertiary alicyclic amines) is 2. The van der Waals surface area contributed by atoms with Crippen molar-refractivity contribution in [3.05, 3.63) is 52.2 Å². The summed E-state index contributed by atoms with van der Waals surface area (Å²) in [5, 5.41) is 4.74. The number of amides is 3. The Morgan fingerprint density at radius 1 is 1.11 bits per heavy atom. The summed E-state index contributed by atoms with van der Waals surface area (Å²) in [5.41, 5.74) is 1.45. The number of nitrogens with zero attached hydrogens (tertiary/aromatic N) is 3. The molecule has 1 N–H and O–H groups in total. The van der Waals surface area contributed by atoms with E-state index in [0.29, 0.717) is 29.8 Å². The molecular formula is C26H32N4O4S. The molecular weight excluding hydrogens is 464 g/mol. The van der Waals surface area contributed by atoms with Gasteiger partial charge in [-0.1, -0.05) is 19.9 Å². The van der Waals surface area contributed by atoms with Crippen LogP contribution in [0.5, 0.6) is 0 Å². The predicted molar refractivity (Wildman–Crippen MR) is 136 cm³/mol. The van der Waals surface area contributed by atoms with Gasteiger partial charge in [-0.25, -0.2) is 0 Å². The molecule has 2 unspecified atom stereocenters. The van der Waals surface area contributed by atoms with E-state index in [1.807, 2.05) is 56.4 Å². The van der Waals surface area contributed by atoms with Gasteiger partial charge in [0.05, 0.1) is 17.5 Å². The van der Waals surface area contributed by atoms with Crippen LogP contribution in [0.15, 0.2) is 41.8 Å². The summed E-state index contributed by atoms with van der Waals surface area (Å²) in [4.78, 5) is 58.2. The standard InChI is InChI=1S/C26H32N4O4S/c1-16(2)14-19(27-24(32)17-7-9-18(10-8-17)28(3)4)25(33)29-12-11-20-23(29)21(31)15-30(20)26(34)22-6-5-13-35-22/h5-10,13,16,19-20,23H,11-12,14-15H2,1-4H3,(H,27,32)/t19-,20?,23?/m0/s1. The zero-order valence-electron chi connectivity index (χ0n) is 20.6. The van der Waals surface area contributed by atoms with Crippen molar-refractivity contribution < 1.29 is 19.2 Å². The van der Waals surface area contributed by atoms with Gasteiger partial charge >= 0.3 is 0 Å². The molecule has 2 saturated heterocycles. The molecule has 0 radical (unpaired) electrons. The molecule has 3 amide bonds. The molecule has 1 aromatic heterocycles. The quantitative estimate of drug-likeness (QED) is 0.637. The van der Waals surface area contributed by atoms with E-state index in [1.165, 1.54) is 11.3 Å². The van der Waals surface area contributed by atoms with Crippen LogP contribution >= 0.6 is 11.3 Å². The van der Waals surface area contributed by atoms with Crippen molar-refractivity contribution in [1.82, 2.24) is 15.1 Å². The molecule has 3 atom stereocenters. The smallest absolute Gasteiger partial charge is 0.264 e. The van der Waals surface area contributed by atoms with E-state index in [1.54, 1.807) is 28.0 Å². The fourth-order valence-corrected chi connectivity index (χ4v) is 5.61. The highest BCUT2D eigenvalue weighted by Gasteiger charge is 2.52. The van der Waals surface area contributed by atoms with E-state index in [0.717, 1.165) is 5.69 Å². The maximum absolute atomic E-state index is 13.6. The summed E-state index contributed by atoms with van der Waals surface area (Å²) in [5.74, 6) is -0.710. The molecule has 2 aliphatic rings. The highest BCUT2D eigenvalue weighted by Crippen LogP contribution is 2.32. The Kier molecular flexibility index (Phi) is 7.25. The van der Waals surface area contributed by atoms with Crippen molar-refractivity contribution in [2.24, 2.45) is 5.92 Å². The molecule has 2 fully saturated rings. The van der Waals surface area contributed by atoms with Gasteiger partial charge in [-0.2, -0.15) is 0 Å². The van der Waals surface area contributed by atoms with Crippen LogP contribution in [0, 0.1) is 5.92 Å². The van der Waals surface area contributed by atoms with Gasteiger partial charge in [0.1, 0.15) is 12.1 Å². The van der Waals surface area contributed by atoms with E-state index < -0.39 is 12.1 Å². The third-order valence-corrected chi connectivity index (χ3v) is 7.51. The molecule has 0 bridgehead atoms. The number of hydrogen-bond donors (Lipinski definition) is 1. The second kappa shape index (κ2) is 10.2. The lowest BCUT2D eigenvalue weighted by atomic mass is 10.0. The third kappa shape index (κ3) is 5.10. The Labute approximate surface area is 209 Å². The topological polar surface area (TPSA) is 90.0 Å². The Morgan fingerprint density at radius 2 is 1.83 bits per heavy atom. The Morgan fingerprint density at radius 3 is 2.43 bits per heavy atom. The lowest BCUT2D eigenvalue weighted by Crippen LogP contribution is -2.53. The molecule has 2 aliphatic heterocycles. The van der Waals surface area contributed by atoms with Gasteiger partial charge in [0.2, 0.25) is 5.91 Å². The third-order valence-electron chi connectivity index (χ3n) is 6.65. The Hall–Kier alpha value is -3.20. The maximum Gasteiger partial charge on any atom is 0.264 e. The lowest BCUT2D eigenvalue weighted by molar-refractivity contribution is -0.138. The Balaban J connectivity index is 1.49. The van der Waals surface area contributed by atoms with Crippen molar-refractivity contribution >= 4 is 40.5 Å². The highest BCUT2D eigenvalue weighted by atomic mass is 32.1. The van der Waals surface area contributed by atoms with Crippen molar-refractivity contribution in [2.75, 3.05) is 32.1 Å². The number of thiophene rings is 1. The molecule has 4 rings (SSSR count). The van der Waals surface area contributed by atoms with Crippen LogP contribution < -0.4 is 10.2 Å². The van der Waals surface area contributed by atoms with Crippen molar-refractivity contribution in [3.8, 4) is 0 Å². The fraction of sp³-hybridized carbons (Fsp3) is 0.462. The number of carbonyl (C=O) groups excluding carboxylic acids is 4. The first-order chi connectivity index (χ1) is 16.7. The molecule has 2 aromatic rings. The number of anilines is 1.